The molecule has 1 aliphatic heterocycles. The van der Waals surface area contributed by atoms with E-state index in [1.807, 2.05) is 4.90 Å². The van der Waals surface area contributed by atoms with E-state index < -0.39 is 27.7 Å². The van der Waals surface area contributed by atoms with E-state index in [0.29, 0.717) is 31.9 Å². The number of morpholine rings is 1. The highest BCUT2D eigenvalue weighted by atomic mass is 32.2. The molecule has 9 heteroatoms. The zero-order valence-electron chi connectivity index (χ0n) is 14.9. The molecule has 0 saturated carbocycles. The van der Waals surface area contributed by atoms with Crippen LogP contribution in [0.15, 0.2) is 47.4 Å². The molecule has 0 amide bonds. The standard InChI is InChI=1S/C19H19F2N3O3S/c20-16-3-1-2-14(10-16)19(24-6-8-27-9-7-24)13-23-28(25,26)17-4-5-18(21)15(11-17)12-22/h1-5,10-11,19,23H,6-9,13H2. The van der Waals surface area contributed by atoms with Crippen LogP contribution < -0.4 is 4.72 Å². The Bertz CT molecular complexity index is 986. The van der Waals surface area contributed by atoms with Crippen LogP contribution in [0.4, 0.5) is 8.78 Å². The lowest BCUT2D eigenvalue weighted by molar-refractivity contribution is 0.0171. The molecule has 0 bridgehead atoms. The molecule has 28 heavy (non-hydrogen) atoms. The average molecular weight is 407 g/mol. The first kappa shape index (κ1) is 20.4. The zero-order chi connectivity index (χ0) is 20.1. The van der Waals surface area contributed by atoms with Crippen molar-refractivity contribution in [2.24, 2.45) is 0 Å². The van der Waals surface area contributed by atoms with E-state index in [9.17, 15) is 17.2 Å². The van der Waals surface area contributed by atoms with Gasteiger partial charge in [-0.3, -0.25) is 4.90 Å². The Labute approximate surface area is 162 Å². The summed E-state index contributed by atoms with van der Waals surface area (Å²) in [5, 5.41) is 8.91. The van der Waals surface area contributed by atoms with Gasteiger partial charge in [-0.1, -0.05) is 12.1 Å². The van der Waals surface area contributed by atoms with Crippen molar-refractivity contribution in [1.29, 1.82) is 5.26 Å². The average Bonchev–Trinajstić information content (AvgIpc) is 2.69. The third-order valence-electron chi connectivity index (χ3n) is 4.56. The summed E-state index contributed by atoms with van der Waals surface area (Å²) in [5.41, 5.74) is 0.291. The molecule has 0 aliphatic carbocycles. The Kier molecular flexibility index (Phi) is 6.36. The zero-order valence-corrected chi connectivity index (χ0v) is 15.8. The van der Waals surface area contributed by atoms with Crippen molar-refractivity contribution in [2.75, 3.05) is 32.8 Å². The second-order valence-corrected chi connectivity index (χ2v) is 8.09. The molecule has 2 aromatic rings. The Hall–Kier alpha value is -2.38. The van der Waals surface area contributed by atoms with Crippen molar-refractivity contribution in [1.82, 2.24) is 9.62 Å². The van der Waals surface area contributed by atoms with Crippen LogP contribution in [-0.2, 0) is 14.8 Å². The SMILES string of the molecule is N#Cc1cc(S(=O)(=O)NCC(c2cccc(F)c2)N2CCOCC2)ccc1F. The third-order valence-corrected chi connectivity index (χ3v) is 5.98. The number of benzene rings is 2. The van der Waals surface area contributed by atoms with Crippen molar-refractivity contribution >= 4 is 10.0 Å². The maximum atomic E-state index is 13.7. The number of rotatable bonds is 6. The van der Waals surface area contributed by atoms with Gasteiger partial charge in [0.1, 0.15) is 17.7 Å². The summed E-state index contributed by atoms with van der Waals surface area (Å²) < 4.78 is 60.3. The molecule has 6 nitrogen and oxygen atoms in total. The summed E-state index contributed by atoms with van der Waals surface area (Å²) in [6.07, 6.45) is 0. The lowest BCUT2D eigenvalue weighted by atomic mass is 10.0. The van der Waals surface area contributed by atoms with Crippen LogP contribution in [0.1, 0.15) is 17.2 Å². The summed E-state index contributed by atoms with van der Waals surface area (Å²) >= 11 is 0. The Morgan fingerprint density at radius 1 is 1.18 bits per heavy atom. The number of halogens is 2. The maximum absolute atomic E-state index is 13.7. The van der Waals surface area contributed by atoms with Crippen molar-refractivity contribution in [3.63, 3.8) is 0 Å². The molecule has 1 atom stereocenters. The highest BCUT2D eigenvalue weighted by Crippen LogP contribution is 2.23. The van der Waals surface area contributed by atoms with Gasteiger partial charge in [-0.25, -0.2) is 21.9 Å². The molecular formula is C19H19F2N3O3S. The first-order valence-electron chi connectivity index (χ1n) is 8.67. The normalized spacial score (nSPS) is 16.5. The number of sulfonamides is 1. The van der Waals surface area contributed by atoms with E-state index in [4.69, 9.17) is 10.00 Å². The quantitative estimate of drug-likeness (QED) is 0.794. The molecule has 2 aromatic carbocycles. The summed E-state index contributed by atoms with van der Waals surface area (Å²) in [5.74, 6) is -1.19. The number of hydrogen-bond donors (Lipinski definition) is 1. The van der Waals surface area contributed by atoms with E-state index in [2.05, 4.69) is 4.72 Å². The Balaban J connectivity index is 1.83. The van der Waals surface area contributed by atoms with Gasteiger partial charge in [-0.05, 0) is 35.9 Å². The van der Waals surface area contributed by atoms with Crippen LogP contribution in [0.3, 0.4) is 0 Å². The smallest absolute Gasteiger partial charge is 0.240 e. The highest BCUT2D eigenvalue weighted by molar-refractivity contribution is 7.89. The van der Waals surface area contributed by atoms with E-state index in [-0.39, 0.29) is 17.0 Å². The summed E-state index contributed by atoms with van der Waals surface area (Å²) in [6.45, 7) is 2.16. The van der Waals surface area contributed by atoms with Crippen molar-refractivity contribution < 1.29 is 21.9 Å². The minimum absolute atomic E-state index is 0.00888. The van der Waals surface area contributed by atoms with Gasteiger partial charge >= 0.3 is 0 Å². The van der Waals surface area contributed by atoms with Crippen LogP contribution >= 0.6 is 0 Å². The number of ether oxygens (including phenoxy) is 1. The topological polar surface area (TPSA) is 82.4 Å². The number of nitriles is 1. The van der Waals surface area contributed by atoms with Gasteiger partial charge in [0.25, 0.3) is 0 Å². The molecule has 1 aliphatic rings. The number of nitrogens with zero attached hydrogens (tertiary/aromatic N) is 2. The van der Waals surface area contributed by atoms with E-state index >= 15 is 0 Å². The first-order chi connectivity index (χ1) is 13.4. The molecule has 1 N–H and O–H groups in total. The van der Waals surface area contributed by atoms with Crippen LogP contribution in [0.5, 0.6) is 0 Å². The van der Waals surface area contributed by atoms with E-state index in [1.54, 1.807) is 18.2 Å². The van der Waals surface area contributed by atoms with Crippen molar-refractivity contribution in [3.8, 4) is 6.07 Å². The molecule has 0 spiro atoms. The largest absolute Gasteiger partial charge is 0.379 e. The minimum atomic E-state index is -3.98. The molecule has 0 aromatic heterocycles. The maximum Gasteiger partial charge on any atom is 0.240 e. The Morgan fingerprint density at radius 2 is 1.93 bits per heavy atom. The fraction of sp³-hybridized carbons (Fsp3) is 0.316. The molecule has 1 saturated heterocycles. The molecule has 148 valence electrons. The molecule has 1 fully saturated rings. The lowest BCUT2D eigenvalue weighted by Crippen LogP contribution is -2.43. The molecular weight excluding hydrogens is 388 g/mol. The Morgan fingerprint density at radius 3 is 2.61 bits per heavy atom. The summed E-state index contributed by atoms with van der Waals surface area (Å²) in [4.78, 5) is 1.82. The summed E-state index contributed by atoms with van der Waals surface area (Å²) in [6, 6.07) is 10.3. The predicted molar refractivity (Wildman–Crippen MR) is 97.8 cm³/mol. The first-order valence-corrected chi connectivity index (χ1v) is 10.2. The second kappa shape index (κ2) is 8.75. The van der Waals surface area contributed by atoms with Gasteiger partial charge in [-0.15, -0.1) is 0 Å². The van der Waals surface area contributed by atoms with Crippen LogP contribution in [0.25, 0.3) is 0 Å². The minimum Gasteiger partial charge on any atom is -0.379 e. The second-order valence-electron chi connectivity index (χ2n) is 6.32. The van der Waals surface area contributed by atoms with Gasteiger partial charge in [0.2, 0.25) is 10.0 Å². The van der Waals surface area contributed by atoms with Crippen molar-refractivity contribution in [2.45, 2.75) is 10.9 Å². The van der Waals surface area contributed by atoms with Crippen LogP contribution in [-0.4, -0.2) is 46.2 Å². The lowest BCUT2D eigenvalue weighted by Gasteiger charge is -2.34. The predicted octanol–water partition coefficient (Wildman–Crippen LogP) is 2.19. The fourth-order valence-electron chi connectivity index (χ4n) is 3.09. The van der Waals surface area contributed by atoms with E-state index in [0.717, 1.165) is 18.2 Å². The molecule has 1 heterocycles. The monoisotopic (exact) mass is 407 g/mol. The molecule has 3 rings (SSSR count). The van der Waals surface area contributed by atoms with Gasteiger partial charge in [0.05, 0.1) is 23.7 Å². The van der Waals surface area contributed by atoms with Gasteiger partial charge in [-0.2, -0.15) is 5.26 Å². The van der Waals surface area contributed by atoms with Crippen LogP contribution in [0, 0.1) is 23.0 Å². The van der Waals surface area contributed by atoms with Gasteiger partial charge in [0.15, 0.2) is 0 Å². The fourth-order valence-corrected chi connectivity index (χ4v) is 4.15. The number of hydrogen-bond acceptors (Lipinski definition) is 5. The van der Waals surface area contributed by atoms with Crippen molar-refractivity contribution in [3.05, 3.63) is 65.2 Å². The molecule has 0 radical (unpaired) electrons. The third kappa shape index (κ3) is 4.72. The number of nitrogens with one attached hydrogen (secondary N) is 1. The highest BCUT2D eigenvalue weighted by Gasteiger charge is 2.25. The molecule has 1 unspecified atom stereocenters. The van der Waals surface area contributed by atoms with E-state index in [1.165, 1.54) is 12.1 Å². The summed E-state index contributed by atoms with van der Waals surface area (Å²) in [7, 11) is -3.98. The van der Waals surface area contributed by atoms with Gasteiger partial charge in [0, 0.05) is 25.7 Å². The van der Waals surface area contributed by atoms with Crippen LogP contribution in [0.2, 0.25) is 0 Å². The van der Waals surface area contributed by atoms with Gasteiger partial charge < -0.3 is 4.74 Å².